The highest BCUT2D eigenvalue weighted by Gasteiger charge is 2.24. The first-order valence-corrected chi connectivity index (χ1v) is 9.05. The second-order valence-electron chi connectivity index (χ2n) is 6.04. The highest BCUT2D eigenvalue weighted by atomic mass is 32.1. The van der Waals surface area contributed by atoms with Crippen molar-refractivity contribution < 1.29 is 23.5 Å². The van der Waals surface area contributed by atoms with Crippen LogP contribution in [-0.2, 0) is 14.3 Å². The molecule has 8 heteroatoms. The smallest absolute Gasteiger partial charge is 0.350 e. The summed E-state index contributed by atoms with van der Waals surface area (Å²) < 4.78 is 23.6. The summed E-state index contributed by atoms with van der Waals surface area (Å²) in [4.78, 5) is 30.8. The van der Waals surface area contributed by atoms with E-state index in [9.17, 15) is 14.0 Å². The van der Waals surface area contributed by atoms with Crippen LogP contribution in [0.4, 0.5) is 4.39 Å². The first-order chi connectivity index (χ1) is 12.4. The van der Waals surface area contributed by atoms with Gasteiger partial charge in [-0.1, -0.05) is 0 Å². The average molecular weight is 378 g/mol. The van der Waals surface area contributed by atoms with Crippen molar-refractivity contribution in [3.05, 3.63) is 40.7 Å². The van der Waals surface area contributed by atoms with Crippen molar-refractivity contribution >= 4 is 23.2 Å². The number of amides is 1. The lowest BCUT2D eigenvalue weighted by molar-refractivity contribution is -0.141. The summed E-state index contributed by atoms with van der Waals surface area (Å²) in [6, 6.07) is 5.88. The van der Waals surface area contributed by atoms with Gasteiger partial charge < -0.3 is 14.4 Å². The van der Waals surface area contributed by atoms with E-state index in [0.29, 0.717) is 35.3 Å². The van der Waals surface area contributed by atoms with E-state index in [1.165, 1.54) is 12.1 Å². The van der Waals surface area contributed by atoms with E-state index in [-0.39, 0.29) is 24.4 Å². The van der Waals surface area contributed by atoms with Gasteiger partial charge in [0.2, 0.25) is 0 Å². The van der Waals surface area contributed by atoms with Crippen molar-refractivity contribution in [3.63, 3.8) is 0 Å². The topological polar surface area (TPSA) is 68.7 Å². The molecule has 1 fully saturated rings. The van der Waals surface area contributed by atoms with Gasteiger partial charge in [0.05, 0.1) is 18.4 Å². The van der Waals surface area contributed by atoms with E-state index < -0.39 is 5.97 Å². The van der Waals surface area contributed by atoms with Gasteiger partial charge in [-0.3, -0.25) is 4.79 Å². The predicted molar refractivity (Wildman–Crippen MR) is 94.5 cm³/mol. The molecule has 1 saturated heterocycles. The van der Waals surface area contributed by atoms with Gasteiger partial charge in [-0.2, -0.15) is 0 Å². The zero-order valence-electron chi connectivity index (χ0n) is 14.5. The molecule has 1 aromatic carbocycles. The monoisotopic (exact) mass is 378 g/mol. The minimum atomic E-state index is -0.581. The zero-order chi connectivity index (χ0) is 18.7. The molecule has 1 aliphatic heterocycles. The van der Waals surface area contributed by atoms with Crippen LogP contribution in [-0.4, -0.2) is 54.2 Å². The fraction of sp³-hybridized carbons (Fsp3) is 0.389. The Morgan fingerprint density at radius 3 is 2.81 bits per heavy atom. The number of nitrogens with zero attached hydrogens (tertiary/aromatic N) is 2. The third kappa shape index (κ3) is 4.25. The molecule has 3 rings (SSSR count). The van der Waals surface area contributed by atoms with E-state index in [1.807, 2.05) is 6.92 Å². The molecule has 2 aromatic rings. The Morgan fingerprint density at radius 1 is 1.38 bits per heavy atom. The van der Waals surface area contributed by atoms with Crippen molar-refractivity contribution in [2.45, 2.75) is 20.0 Å². The number of benzene rings is 1. The average Bonchev–Trinajstić information content (AvgIpc) is 3.02. The molecular weight excluding hydrogens is 359 g/mol. The number of carbonyl (C=O) groups excluding carboxylic acids is 2. The maximum atomic E-state index is 13.0. The molecule has 6 nitrogen and oxygen atoms in total. The molecular formula is C18H19FN2O4S. The molecule has 1 atom stereocenters. The van der Waals surface area contributed by atoms with Crippen LogP contribution in [0.5, 0.6) is 0 Å². The van der Waals surface area contributed by atoms with Gasteiger partial charge in [-0.15, -0.1) is 11.3 Å². The number of hydrogen-bond acceptors (Lipinski definition) is 6. The molecule has 138 valence electrons. The third-order valence-corrected chi connectivity index (χ3v) is 5.18. The largest absolute Gasteiger partial charge is 0.451 e. The lowest BCUT2D eigenvalue weighted by atomic mass is 10.2. The fourth-order valence-corrected chi connectivity index (χ4v) is 3.60. The molecule has 0 radical (unpaired) electrons. The zero-order valence-corrected chi connectivity index (χ0v) is 15.3. The molecule has 0 N–H and O–H groups in total. The summed E-state index contributed by atoms with van der Waals surface area (Å²) in [7, 11) is 0. The first-order valence-electron chi connectivity index (χ1n) is 8.24. The highest BCUT2D eigenvalue weighted by molar-refractivity contribution is 7.17. The first kappa shape index (κ1) is 18.5. The maximum Gasteiger partial charge on any atom is 0.350 e. The molecule has 0 aliphatic carbocycles. The SMILES string of the molecule is Cc1nc(-c2ccc(F)cc2)sc1C(=O)OCC(=O)N1CCOC(C)C1. The normalized spacial score (nSPS) is 17.2. The molecule has 1 unspecified atom stereocenters. The molecule has 2 heterocycles. The Labute approximate surface area is 154 Å². The summed E-state index contributed by atoms with van der Waals surface area (Å²) in [6.45, 7) is 4.75. The van der Waals surface area contributed by atoms with Gasteiger partial charge in [0.1, 0.15) is 15.7 Å². The number of morpholine rings is 1. The molecule has 0 bridgehead atoms. The Bertz CT molecular complexity index is 806. The quantitative estimate of drug-likeness (QED) is 0.765. The summed E-state index contributed by atoms with van der Waals surface area (Å²) in [6.07, 6.45) is -0.0228. The number of thiazole rings is 1. The van der Waals surface area contributed by atoms with Crippen LogP contribution in [0.3, 0.4) is 0 Å². The van der Waals surface area contributed by atoms with Crippen molar-refractivity contribution in [1.82, 2.24) is 9.88 Å². The van der Waals surface area contributed by atoms with Crippen LogP contribution in [0.15, 0.2) is 24.3 Å². The van der Waals surface area contributed by atoms with Crippen molar-refractivity contribution in [3.8, 4) is 10.6 Å². The second kappa shape index (κ2) is 7.92. The Balaban J connectivity index is 1.63. The summed E-state index contributed by atoms with van der Waals surface area (Å²) in [5, 5.41) is 0.600. The maximum absolute atomic E-state index is 13.0. The van der Waals surface area contributed by atoms with E-state index in [0.717, 1.165) is 16.9 Å². The van der Waals surface area contributed by atoms with Crippen LogP contribution < -0.4 is 0 Å². The van der Waals surface area contributed by atoms with Crippen molar-refractivity contribution in [2.75, 3.05) is 26.3 Å². The number of rotatable bonds is 4. The number of aryl methyl sites for hydroxylation is 1. The van der Waals surface area contributed by atoms with Crippen molar-refractivity contribution in [2.24, 2.45) is 0 Å². The van der Waals surface area contributed by atoms with Crippen LogP contribution in [0.2, 0.25) is 0 Å². The number of halogens is 1. The lowest BCUT2D eigenvalue weighted by Gasteiger charge is -2.30. The third-order valence-electron chi connectivity index (χ3n) is 3.99. The Kier molecular flexibility index (Phi) is 5.63. The second-order valence-corrected chi connectivity index (χ2v) is 7.04. The van der Waals surface area contributed by atoms with Gasteiger partial charge in [-0.25, -0.2) is 14.2 Å². The predicted octanol–water partition coefficient (Wildman–Crippen LogP) is 2.66. The minimum Gasteiger partial charge on any atom is -0.451 e. The van der Waals surface area contributed by atoms with E-state index >= 15 is 0 Å². The van der Waals surface area contributed by atoms with Gasteiger partial charge >= 0.3 is 5.97 Å². The summed E-state index contributed by atoms with van der Waals surface area (Å²) in [5.41, 5.74) is 1.24. The number of aromatic nitrogens is 1. The lowest BCUT2D eigenvalue weighted by Crippen LogP contribution is -2.46. The van der Waals surface area contributed by atoms with Gasteiger partial charge in [0.25, 0.3) is 5.91 Å². The Hall–Kier alpha value is -2.32. The molecule has 26 heavy (non-hydrogen) atoms. The summed E-state index contributed by atoms with van der Waals surface area (Å²) >= 11 is 1.16. The van der Waals surface area contributed by atoms with Gasteiger partial charge in [0.15, 0.2) is 6.61 Å². The molecule has 0 saturated carbocycles. The van der Waals surface area contributed by atoms with E-state index in [4.69, 9.17) is 9.47 Å². The minimum absolute atomic E-state index is 0.0228. The van der Waals surface area contributed by atoms with Crippen molar-refractivity contribution in [1.29, 1.82) is 0 Å². The number of hydrogen-bond donors (Lipinski definition) is 0. The fourth-order valence-electron chi connectivity index (χ4n) is 2.63. The molecule has 1 aliphatic rings. The highest BCUT2D eigenvalue weighted by Crippen LogP contribution is 2.28. The van der Waals surface area contributed by atoms with E-state index in [2.05, 4.69) is 4.98 Å². The number of esters is 1. The van der Waals surface area contributed by atoms with E-state index in [1.54, 1.807) is 24.0 Å². The van der Waals surface area contributed by atoms with Crippen LogP contribution in [0, 0.1) is 12.7 Å². The standard InChI is InChI=1S/C18H19FN2O4S/c1-11-9-21(7-8-24-11)15(22)10-25-18(23)16-12(2)20-17(26-16)13-3-5-14(19)6-4-13/h3-6,11H,7-10H2,1-2H3. The Morgan fingerprint density at radius 2 is 2.12 bits per heavy atom. The molecule has 0 spiro atoms. The molecule has 1 amide bonds. The van der Waals surface area contributed by atoms with Gasteiger partial charge in [0, 0.05) is 18.7 Å². The number of carbonyl (C=O) groups is 2. The van der Waals surface area contributed by atoms with Gasteiger partial charge in [-0.05, 0) is 38.1 Å². The van der Waals surface area contributed by atoms with Crippen LogP contribution in [0.25, 0.3) is 10.6 Å². The van der Waals surface area contributed by atoms with Crippen LogP contribution in [0.1, 0.15) is 22.3 Å². The summed E-state index contributed by atoms with van der Waals surface area (Å²) in [5.74, 6) is -1.16. The van der Waals surface area contributed by atoms with Crippen LogP contribution >= 0.6 is 11.3 Å². The molecule has 1 aromatic heterocycles. The number of ether oxygens (including phenoxy) is 2.